The molecule has 3 heteroatoms. The quantitative estimate of drug-likeness (QED) is 0.937. The molecule has 2 aliphatic rings. The van der Waals surface area contributed by atoms with Crippen LogP contribution in [0.5, 0.6) is 0 Å². The van der Waals surface area contributed by atoms with Crippen LogP contribution in [-0.2, 0) is 6.54 Å². The molecule has 21 heavy (non-hydrogen) atoms. The van der Waals surface area contributed by atoms with Crippen molar-refractivity contribution < 1.29 is 0 Å². The topological polar surface area (TPSA) is 28.2 Å². The van der Waals surface area contributed by atoms with Crippen molar-refractivity contribution in [3.63, 3.8) is 0 Å². The molecule has 0 aliphatic carbocycles. The lowest BCUT2D eigenvalue weighted by Crippen LogP contribution is -2.44. The Hall–Kier alpha value is -1.45. The molecule has 0 bridgehead atoms. The highest BCUT2D eigenvalue weighted by Gasteiger charge is 2.34. The standard InChI is InChI=1S/C18H23N3/c1-2-9-21-10-7-17(18(21)3-1)20-12-14-4-5-16-13-19-8-6-15(16)11-14/h4-6,8,11,13,17-18,20H,1-3,7,9-10,12H2. The molecule has 2 saturated heterocycles. The minimum absolute atomic E-state index is 0.679. The smallest absolute Gasteiger partial charge is 0.0346 e. The van der Waals surface area contributed by atoms with Crippen LogP contribution in [-0.4, -0.2) is 35.1 Å². The monoisotopic (exact) mass is 281 g/mol. The first-order chi connectivity index (χ1) is 10.4. The third-order valence-corrected chi connectivity index (χ3v) is 5.13. The molecule has 0 saturated carbocycles. The van der Waals surface area contributed by atoms with Gasteiger partial charge in [-0.3, -0.25) is 9.88 Å². The molecule has 0 radical (unpaired) electrons. The summed E-state index contributed by atoms with van der Waals surface area (Å²) in [6, 6.07) is 10.3. The largest absolute Gasteiger partial charge is 0.308 e. The Labute approximate surface area is 126 Å². The van der Waals surface area contributed by atoms with E-state index in [1.807, 2.05) is 12.4 Å². The zero-order valence-corrected chi connectivity index (χ0v) is 12.5. The number of pyridine rings is 1. The van der Waals surface area contributed by atoms with Crippen molar-refractivity contribution >= 4 is 10.8 Å². The van der Waals surface area contributed by atoms with Crippen LogP contribution in [0.3, 0.4) is 0 Å². The van der Waals surface area contributed by atoms with E-state index >= 15 is 0 Å². The maximum atomic E-state index is 4.18. The lowest BCUT2D eigenvalue weighted by Gasteiger charge is -2.32. The van der Waals surface area contributed by atoms with Crippen molar-refractivity contribution in [3.8, 4) is 0 Å². The molecule has 2 aliphatic heterocycles. The van der Waals surface area contributed by atoms with Crippen molar-refractivity contribution in [3.05, 3.63) is 42.2 Å². The second-order valence-corrected chi connectivity index (χ2v) is 6.43. The average molecular weight is 281 g/mol. The molecule has 1 aromatic heterocycles. The van der Waals surface area contributed by atoms with Gasteiger partial charge in [-0.2, -0.15) is 0 Å². The first kappa shape index (κ1) is 13.2. The normalized spacial score (nSPS) is 26.1. The van der Waals surface area contributed by atoms with Crippen molar-refractivity contribution in [2.45, 2.75) is 44.3 Å². The third-order valence-electron chi connectivity index (χ3n) is 5.13. The number of hydrogen-bond acceptors (Lipinski definition) is 3. The minimum Gasteiger partial charge on any atom is -0.308 e. The summed E-state index contributed by atoms with van der Waals surface area (Å²) in [6.07, 6.45) is 9.29. The Kier molecular flexibility index (Phi) is 3.62. The highest BCUT2D eigenvalue weighted by Crippen LogP contribution is 2.27. The molecule has 4 rings (SSSR count). The second kappa shape index (κ2) is 5.74. The number of nitrogens with zero attached hydrogens (tertiary/aromatic N) is 2. The van der Waals surface area contributed by atoms with Gasteiger partial charge >= 0.3 is 0 Å². The van der Waals surface area contributed by atoms with Gasteiger partial charge in [0.2, 0.25) is 0 Å². The Morgan fingerprint density at radius 1 is 1.10 bits per heavy atom. The molecule has 2 fully saturated rings. The summed E-state index contributed by atoms with van der Waals surface area (Å²) in [5, 5.41) is 6.31. The number of aromatic nitrogens is 1. The fourth-order valence-electron chi connectivity index (χ4n) is 3.98. The maximum absolute atomic E-state index is 4.18. The van der Waals surface area contributed by atoms with Crippen LogP contribution in [0.2, 0.25) is 0 Å². The Morgan fingerprint density at radius 2 is 2.10 bits per heavy atom. The molecule has 110 valence electrons. The minimum atomic E-state index is 0.679. The molecule has 0 spiro atoms. The molecule has 2 aromatic rings. The summed E-state index contributed by atoms with van der Waals surface area (Å²) < 4.78 is 0. The molecular weight excluding hydrogens is 258 g/mol. The van der Waals surface area contributed by atoms with E-state index in [1.54, 1.807) is 0 Å². The van der Waals surface area contributed by atoms with E-state index in [2.05, 4.69) is 39.5 Å². The lowest BCUT2D eigenvalue weighted by atomic mass is 9.99. The van der Waals surface area contributed by atoms with Crippen molar-refractivity contribution in [2.75, 3.05) is 13.1 Å². The highest BCUT2D eigenvalue weighted by atomic mass is 15.2. The van der Waals surface area contributed by atoms with E-state index in [0.29, 0.717) is 6.04 Å². The lowest BCUT2D eigenvalue weighted by molar-refractivity contribution is 0.180. The maximum Gasteiger partial charge on any atom is 0.0346 e. The van der Waals surface area contributed by atoms with E-state index in [4.69, 9.17) is 0 Å². The summed E-state index contributed by atoms with van der Waals surface area (Å²) in [5.41, 5.74) is 1.38. The van der Waals surface area contributed by atoms with Gasteiger partial charge in [-0.1, -0.05) is 18.6 Å². The molecule has 3 nitrogen and oxygen atoms in total. The van der Waals surface area contributed by atoms with Gasteiger partial charge in [-0.25, -0.2) is 0 Å². The molecule has 1 N–H and O–H groups in total. The first-order valence-corrected chi connectivity index (χ1v) is 8.20. The van der Waals surface area contributed by atoms with Gasteiger partial charge in [0.05, 0.1) is 0 Å². The number of nitrogens with one attached hydrogen (secondary N) is 1. The van der Waals surface area contributed by atoms with E-state index in [9.17, 15) is 0 Å². The molecular formula is C18H23N3. The summed E-state index contributed by atoms with van der Waals surface area (Å²) in [4.78, 5) is 6.86. The fraction of sp³-hybridized carbons (Fsp3) is 0.500. The first-order valence-electron chi connectivity index (χ1n) is 8.20. The Morgan fingerprint density at radius 3 is 3.10 bits per heavy atom. The van der Waals surface area contributed by atoms with Gasteiger partial charge in [0.1, 0.15) is 0 Å². The van der Waals surface area contributed by atoms with Crippen LogP contribution >= 0.6 is 0 Å². The molecule has 0 amide bonds. The van der Waals surface area contributed by atoms with Crippen molar-refractivity contribution in [2.24, 2.45) is 0 Å². The van der Waals surface area contributed by atoms with Gasteiger partial charge in [-0.05, 0) is 48.9 Å². The van der Waals surface area contributed by atoms with Crippen LogP contribution < -0.4 is 5.32 Å². The van der Waals surface area contributed by atoms with Crippen LogP contribution in [0.1, 0.15) is 31.2 Å². The molecule has 2 atom stereocenters. The average Bonchev–Trinajstić information content (AvgIpc) is 2.96. The van der Waals surface area contributed by atoms with Crippen molar-refractivity contribution in [1.29, 1.82) is 0 Å². The van der Waals surface area contributed by atoms with E-state index in [0.717, 1.165) is 12.6 Å². The summed E-state index contributed by atoms with van der Waals surface area (Å²) in [7, 11) is 0. The van der Waals surface area contributed by atoms with Gasteiger partial charge in [0.15, 0.2) is 0 Å². The van der Waals surface area contributed by atoms with Crippen LogP contribution in [0.4, 0.5) is 0 Å². The SMILES string of the molecule is c1cc2cc(CNC3CCN4CCCCC34)ccc2cn1. The Balaban J connectivity index is 1.43. The van der Waals surface area contributed by atoms with E-state index < -0.39 is 0 Å². The predicted molar refractivity (Wildman–Crippen MR) is 86.2 cm³/mol. The number of benzene rings is 1. The fourth-order valence-corrected chi connectivity index (χ4v) is 3.98. The van der Waals surface area contributed by atoms with Crippen LogP contribution in [0.25, 0.3) is 10.8 Å². The number of rotatable bonds is 3. The highest BCUT2D eigenvalue weighted by molar-refractivity contribution is 5.81. The zero-order valence-electron chi connectivity index (χ0n) is 12.5. The number of piperidine rings is 1. The summed E-state index contributed by atoms with van der Waals surface area (Å²) in [6.45, 7) is 3.57. The van der Waals surface area contributed by atoms with Gasteiger partial charge in [-0.15, -0.1) is 0 Å². The Bertz CT molecular complexity index is 625. The number of fused-ring (bicyclic) bond motifs is 2. The van der Waals surface area contributed by atoms with Gasteiger partial charge < -0.3 is 5.32 Å². The number of hydrogen-bond donors (Lipinski definition) is 1. The zero-order chi connectivity index (χ0) is 14.1. The summed E-state index contributed by atoms with van der Waals surface area (Å²) >= 11 is 0. The third kappa shape index (κ3) is 2.68. The molecule has 2 unspecified atom stereocenters. The molecule has 1 aromatic carbocycles. The van der Waals surface area contributed by atoms with Crippen LogP contribution in [0, 0.1) is 0 Å². The van der Waals surface area contributed by atoms with E-state index in [1.165, 1.54) is 55.1 Å². The molecule has 3 heterocycles. The summed E-state index contributed by atoms with van der Waals surface area (Å²) in [5.74, 6) is 0. The van der Waals surface area contributed by atoms with Gasteiger partial charge in [0.25, 0.3) is 0 Å². The van der Waals surface area contributed by atoms with E-state index in [-0.39, 0.29) is 0 Å². The predicted octanol–water partition coefficient (Wildman–Crippen LogP) is 2.95. The van der Waals surface area contributed by atoms with Gasteiger partial charge in [0, 0.05) is 43.0 Å². The van der Waals surface area contributed by atoms with Crippen LogP contribution in [0.15, 0.2) is 36.7 Å². The van der Waals surface area contributed by atoms with Crippen molar-refractivity contribution in [1.82, 2.24) is 15.2 Å². The second-order valence-electron chi connectivity index (χ2n) is 6.43.